The molecule has 4 heterocycles. The Balaban J connectivity index is 1.25. The zero-order valence-corrected chi connectivity index (χ0v) is 18.8. The number of aromatic nitrogens is 5. The summed E-state index contributed by atoms with van der Waals surface area (Å²) < 4.78 is 1.87. The zero-order chi connectivity index (χ0) is 22.2. The van der Waals surface area contributed by atoms with E-state index < -0.39 is 0 Å². The molecule has 8 nitrogen and oxygen atoms in total. The van der Waals surface area contributed by atoms with E-state index in [0.717, 1.165) is 41.1 Å². The van der Waals surface area contributed by atoms with Crippen LogP contribution in [0.5, 0.6) is 0 Å². The van der Waals surface area contributed by atoms with Crippen LogP contribution in [0, 0.1) is 12.8 Å². The number of carbonyl (C=O) groups is 1. The molecule has 0 aliphatic heterocycles. The molecule has 0 saturated carbocycles. The number of amides is 1. The molecule has 1 aliphatic rings. The third-order valence-electron chi connectivity index (χ3n) is 5.91. The van der Waals surface area contributed by atoms with E-state index in [2.05, 4.69) is 32.2 Å². The van der Waals surface area contributed by atoms with Crippen molar-refractivity contribution in [1.82, 2.24) is 24.5 Å². The quantitative estimate of drug-likeness (QED) is 0.486. The number of hydrogen-bond donors (Lipinski definition) is 2. The van der Waals surface area contributed by atoms with Crippen molar-refractivity contribution >= 4 is 33.1 Å². The molecular formula is C23H24N6O2S. The first kappa shape index (κ1) is 20.6. The number of fused-ring (bicyclic) bond motifs is 3. The lowest BCUT2D eigenvalue weighted by Gasteiger charge is -2.17. The van der Waals surface area contributed by atoms with Crippen molar-refractivity contribution in [2.45, 2.75) is 46.0 Å². The van der Waals surface area contributed by atoms with Crippen LogP contribution in [0.25, 0.3) is 16.0 Å². The molecule has 32 heavy (non-hydrogen) atoms. The third kappa shape index (κ3) is 3.95. The molecule has 0 bridgehead atoms. The molecule has 0 aromatic carbocycles. The van der Waals surface area contributed by atoms with Crippen molar-refractivity contribution in [2.75, 3.05) is 5.32 Å². The molecule has 0 fully saturated rings. The highest BCUT2D eigenvalue weighted by Crippen LogP contribution is 2.35. The van der Waals surface area contributed by atoms with E-state index >= 15 is 0 Å². The minimum Gasteiger partial charge on any atom is -0.325 e. The fourth-order valence-corrected chi connectivity index (χ4v) is 5.59. The van der Waals surface area contributed by atoms with Gasteiger partial charge in [0.2, 0.25) is 5.91 Å². The molecule has 0 saturated heterocycles. The third-order valence-corrected chi connectivity index (χ3v) is 7.06. The average Bonchev–Trinajstić information content (AvgIpc) is 3.35. The van der Waals surface area contributed by atoms with Gasteiger partial charge in [0.05, 0.1) is 17.3 Å². The number of H-pyrrole nitrogens is 1. The standard InChI is InChI=1S/C23H24N6O2S/c1-13-3-5-16-17(11-13)32-23-21(16)22(31)27-18(28-23)6-8-20(30)26-15-4-7-19(25-12-15)29-10-9-24-14(29)2/h4,7,9-10,12-13H,3,5-6,8,11H2,1-2H3,(H,26,30)(H,27,28,31). The lowest BCUT2D eigenvalue weighted by atomic mass is 9.89. The number of anilines is 1. The van der Waals surface area contributed by atoms with Crippen molar-refractivity contribution in [3.8, 4) is 5.82 Å². The number of imidazole rings is 1. The fraction of sp³-hybridized carbons (Fsp3) is 0.348. The van der Waals surface area contributed by atoms with Gasteiger partial charge in [-0.25, -0.2) is 15.0 Å². The Labute approximate surface area is 188 Å². The maximum absolute atomic E-state index is 12.7. The number of pyridine rings is 1. The summed E-state index contributed by atoms with van der Waals surface area (Å²) in [6.07, 6.45) is 8.83. The summed E-state index contributed by atoms with van der Waals surface area (Å²) in [6, 6.07) is 3.64. The number of thiophene rings is 1. The molecule has 0 radical (unpaired) electrons. The van der Waals surface area contributed by atoms with Gasteiger partial charge in [0.25, 0.3) is 5.56 Å². The van der Waals surface area contributed by atoms with Gasteiger partial charge in [-0.2, -0.15) is 0 Å². The molecule has 4 aromatic rings. The second kappa shape index (κ2) is 8.31. The van der Waals surface area contributed by atoms with Gasteiger partial charge < -0.3 is 10.3 Å². The second-order valence-corrected chi connectivity index (χ2v) is 9.43. The van der Waals surface area contributed by atoms with Crippen LogP contribution in [-0.2, 0) is 24.1 Å². The van der Waals surface area contributed by atoms with Crippen LogP contribution in [0.4, 0.5) is 5.69 Å². The second-order valence-electron chi connectivity index (χ2n) is 8.34. The van der Waals surface area contributed by atoms with Gasteiger partial charge in [-0.3, -0.25) is 14.2 Å². The molecule has 4 aromatic heterocycles. The Morgan fingerprint density at radius 2 is 2.22 bits per heavy atom. The maximum atomic E-state index is 12.7. The first-order valence-electron chi connectivity index (χ1n) is 10.8. The van der Waals surface area contributed by atoms with Crippen molar-refractivity contribution in [2.24, 2.45) is 5.92 Å². The molecule has 164 valence electrons. The van der Waals surface area contributed by atoms with Crippen LogP contribution in [0.15, 0.2) is 35.5 Å². The van der Waals surface area contributed by atoms with Crippen molar-refractivity contribution < 1.29 is 4.79 Å². The van der Waals surface area contributed by atoms with Gasteiger partial charge in [-0.15, -0.1) is 11.3 Å². The van der Waals surface area contributed by atoms with Gasteiger partial charge in [0.1, 0.15) is 22.3 Å². The van der Waals surface area contributed by atoms with Crippen LogP contribution in [0.2, 0.25) is 0 Å². The van der Waals surface area contributed by atoms with Gasteiger partial charge >= 0.3 is 0 Å². The SMILES string of the molecule is Cc1nccn1-c1ccc(NC(=O)CCc2nc3sc4c(c3c(=O)[nH]2)CCC(C)C4)cn1. The summed E-state index contributed by atoms with van der Waals surface area (Å²) in [5, 5.41) is 3.59. The van der Waals surface area contributed by atoms with Crippen molar-refractivity contribution in [3.05, 3.63) is 63.2 Å². The Kier molecular flexibility index (Phi) is 5.34. The number of nitrogens with zero attached hydrogens (tertiary/aromatic N) is 4. The predicted octanol–water partition coefficient (Wildman–Crippen LogP) is 3.57. The van der Waals surface area contributed by atoms with Crippen LogP contribution in [0.3, 0.4) is 0 Å². The number of carbonyl (C=O) groups excluding carboxylic acids is 1. The van der Waals surface area contributed by atoms with Gasteiger partial charge in [0.15, 0.2) is 0 Å². The van der Waals surface area contributed by atoms with E-state index in [9.17, 15) is 9.59 Å². The molecule has 1 unspecified atom stereocenters. The topological polar surface area (TPSA) is 106 Å². The van der Waals surface area contributed by atoms with E-state index in [0.29, 0.717) is 23.9 Å². The Morgan fingerprint density at radius 3 is 2.97 bits per heavy atom. The van der Waals surface area contributed by atoms with Gasteiger partial charge in [0, 0.05) is 30.1 Å². The fourth-order valence-electron chi connectivity index (χ4n) is 4.19. The highest BCUT2D eigenvalue weighted by atomic mass is 32.1. The maximum Gasteiger partial charge on any atom is 0.259 e. The average molecular weight is 449 g/mol. The highest BCUT2D eigenvalue weighted by molar-refractivity contribution is 7.18. The van der Waals surface area contributed by atoms with Crippen LogP contribution in [0.1, 0.15) is 41.9 Å². The number of rotatable bonds is 5. The Hall–Kier alpha value is -3.33. The number of nitrogens with one attached hydrogen (secondary N) is 2. The molecule has 5 rings (SSSR count). The lowest BCUT2D eigenvalue weighted by Crippen LogP contribution is -2.17. The largest absolute Gasteiger partial charge is 0.325 e. The number of aromatic amines is 1. The number of aryl methyl sites for hydroxylation is 3. The molecule has 1 aliphatic carbocycles. The Bertz CT molecular complexity index is 1350. The molecule has 1 amide bonds. The molecule has 0 spiro atoms. The number of hydrogen-bond acceptors (Lipinski definition) is 6. The zero-order valence-electron chi connectivity index (χ0n) is 18.0. The summed E-state index contributed by atoms with van der Waals surface area (Å²) in [6.45, 7) is 4.15. The smallest absolute Gasteiger partial charge is 0.259 e. The van der Waals surface area contributed by atoms with Gasteiger partial charge in [-0.1, -0.05) is 6.92 Å². The summed E-state index contributed by atoms with van der Waals surface area (Å²) in [4.78, 5) is 43.3. The van der Waals surface area contributed by atoms with E-state index in [4.69, 9.17) is 0 Å². The summed E-state index contributed by atoms with van der Waals surface area (Å²) in [7, 11) is 0. The highest BCUT2D eigenvalue weighted by Gasteiger charge is 2.23. The van der Waals surface area contributed by atoms with Crippen molar-refractivity contribution in [1.29, 1.82) is 0 Å². The molecule has 9 heteroatoms. The summed E-state index contributed by atoms with van der Waals surface area (Å²) in [5.41, 5.74) is 1.70. The van der Waals surface area contributed by atoms with E-state index in [1.54, 1.807) is 23.7 Å². The summed E-state index contributed by atoms with van der Waals surface area (Å²) >= 11 is 1.62. The first-order chi connectivity index (χ1) is 15.5. The van der Waals surface area contributed by atoms with E-state index in [1.807, 2.05) is 29.8 Å². The van der Waals surface area contributed by atoms with Gasteiger partial charge in [-0.05, 0) is 49.8 Å². The Morgan fingerprint density at radius 1 is 1.34 bits per heavy atom. The minimum absolute atomic E-state index is 0.0907. The molecule has 2 N–H and O–H groups in total. The molecular weight excluding hydrogens is 424 g/mol. The van der Waals surface area contributed by atoms with Crippen molar-refractivity contribution in [3.63, 3.8) is 0 Å². The van der Waals surface area contributed by atoms with Crippen LogP contribution in [-0.4, -0.2) is 30.4 Å². The molecule has 1 atom stereocenters. The van der Waals surface area contributed by atoms with Crippen LogP contribution >= 0.6 is 11.3 Å². The van der Waals surface area contributed by atoms with Crippen LogP contribution < -0.4 is 10.9 Å². The minimum atomic E-state index is -0.152. The summed E-state index contributed by atoms with van der Waals surface area (Å²) in [5.74, 6) is 2.62. The van der Waals surface area contributed by atoms with E-state index in [1.165, 1.54) is 10.4 Å². The first-order valence-corrected chi connectivity index (χ1v) is 11.6. The predicted molar refractivity (Wildman–Crippen MR) is 124 cm³/mol. The van der Waals surface area contributed by atoms with E-state index in [-0.39, 0.29) is 17.9 Å². The monoisotopic (exact) mass is 448 g/mol. The normalized spacial score (nSPS) is 15.6. The lowest BCUT2D eigenvalue weighted by molar-refractivity contribution is -0.116.